The van der Waals surface area contributed by atoms with Gasteiger partial charge in [-0.15, -0.1) is 0 Å². The van der Waals surface area contributed by atoms with E-state index in [4.69, 9.17) is 34.0 Å². The Morgan fingerprint density at radius 3 is 2.50 bits per heavy atom. The Bertz CT molecular complexity index is 1010. The Morgan fingerprint density at radius 1 is 1.22 bits per heavy atom. The Balaban J connectivity index is 2.20. The normalized spacial score (nSPS) is 21.3. The molecule has 0 radical (unpaired) electrons. The van der Waals surface area contributed by atoms with Crippen LogP contribution in [0.1, 0.15) is 28.2 Å². The number of hydrogen-bond acceptors (Lipinski definition) is 7. The van der Waals surface area contributed by atoms with Crippen LogP contribution in [0.5, 0.6) is 0 Å². The van der Waals surface area contributed by atoms with Gasteiger partial charge in [0.05, 0.1) is 6.61 Å². The third-order valence-corrected chi connectivity index (χ3v) is 6.50. The highest BCUT2D eigenvalue weighted by Crippen LogP contribution is 2.42. The van der Waals surface area contributed by atoms with Gasteiger partial charge >= 0.3 is 0 Å². The van der Waals surface area contributed by atoms with Gasteiger partial charge < -0.3 is 36.2 Å². The molecule has 0 bridgehead atoms. The topological polar surface area (TPSA) is 147 Å². The third-order valence-electron chi connectivity index (χ3n) is 5.95. The summed E-state index contributed by atoms with van der Waals surface area (Å²) in [4.78, 5) is 14.4. The summed E-state index contributed by atoms with van der Waals surface area (Å²) in [5.41, 5.74) is 4.80. The lowest BCUT2D eigenvalue weighted by Crippen LogP contribution is -2.58. The first-order valence-electron chi connectivity index (χ1n) is 9.95. The van der Waals surface area contributed by atoms with Crippen molar-refractivity contribution in [2.24, 2.45) is 5.73 Å². The molecule has 1 amide bonds. The molecule has 0 saturated carbocycles. The molecule has 0 saturated heterocycles. The minimum atomic E-state index is -2.76. The number of carbonyl (C=O) groups is 1. The third kappa shape index (κ3) is 4.37. The van der Waals surface area contributed by atoms with E-state index in [1.807, 2.05) is 11.9 Å². The number of amides is 1. The molecule has 2 aromatic rings. The second kappa shape index (κ2) is 9.62. The molecular formula is C22H26Cl2N2O6. The first-order chi connectivity index (χ1) is 15.0. The molecule has 1 heterocycles. The van der Waals surface area contributed by atoms with Crippen LogP contribution in [0, 0.1) is 0 Å². The predicted octanol–water partition coefficient (Wildman–Crippen LogP) is 0.319. The van der Waals surface area contributed by atoms with Crippen molar-refractivity contribution in [2.45, 2.75) is 36.4 Å². The van der Waals surface area contributed by atoms with Crippen molar-refractivity contribution in [1.82, 2.24) is 4.90 Å². The standard InChI is InChI=1S/C22H26Cl2N2O6/c1-26-8-14(13-6-11(23)7-17(24)15(13)9-26)12-4-2-3-5-16(12)22(32,21(25)31)20(30)19(29)18(28)10-27/h2-7,14,18-20,27-30,32H,8-10H2,1H3,(H2,25,31). The summed E-state index contributed by atoms with van der Waals surface area (Å²) in [5, 5.41) is 52.1. The average molecular weight is 485 g/mol. The summed E-state index contributed by atoms with van der Waals surface area (Å²) in [6, 6.07) is 9.75. The summed E-state index contributed by atoms with van der Waals surface area (Å²) >= 11 is 12.7. The fourth-order valence-electron chi connectivity index (χ4n) is 4.26. The van der Waals surface area contributed by atoms with E-state index in [0.29, 0.717) is 28.7 Å². The Kier molecular flexibility index (Phi) is 7.48. The van der Waals surface area contributed by atoms with Gasteiger partial charge in [0.25, 0.3) is 5.91 Å². The first-order valence-corrected chi connectivity index (χ1v) is 10.7. The van der Waals surface area contributed by atoms with Gasteiger partial charge in [-0.3, -0.25) is 4.79 Å². The van der Waals surface area contributed by atoms with Crippen LogP contribution in [0.4, 0.5) is 0 Å². The number of carbonyl (C=O) groups excluding carboxylic acids is 1. The number of primary amides is 1. The summed E-state index contributed by atoms with van der Waals surface area (Å²) in [6.07, 6.45) is -6.06. The molecule has 0 fully saturated rings. The van der Waals surface area contributed by atoms with Crippen LogP contribution >= 0.6 is 23.2 Å². The predicted molar refractivity (Wildman–Crippen MR) is 119 cm³/mol. The van der Waals surface area contributed by atoms with Crippen LogP contribution in [-0.4, -0.2) is 74.9 Å². The zero-order valence-corrected chi connectivity index (χ0v) is 18.8. The molecule has 1 aliphatic heterocycles. The van der Waals surface area contributed by atoms with E-state index >= 15 is 0 Å². The Morgan fingerprint density at radius 2 is 1.88 bits per heavy atom. The van der Waals surface area contributed by atoms with Crippen molar-refractivity contribution in [1.29, 1.82) is 0 Å². The number of nitrogens with zero attached hydrogens (tertiary/aromatic N) is 1. The monoisotopic (exact) mass is 484 g/mol. The molecular weight excluding hydrogens is 459 g/mol. The highest BCUT2D eigenvalue weighted by Gasteiger charge is 2.50. The summed E-state index contributed by atoms with van der Waals surface area (Å²) in [5.74, 6) is -1.73. The summed E-state index contributed by atoms with van der Waals surface area (Å²) in [6.45, 7) is 0.147. The van der Waals surface area contributed by atoms with Crippen molar-refractivity contribution in [3.05, 3.63) is 68.7 Å². The maximum absolute atomic E-state index is 12.4. The van der Waals surface area contributed by atoms with E-state index in [0.717, 1.165) is 11.1 Å². The van der Waals surface area contributed by atoms with Crippen molar-refractivity contribution < 1.29 is 30.3 Å². The smallest absolute Gasteiger partial charge is 0.256 e. The molecule has 32 heavy (non-hydrogen) atoms. The number of aliphatic hydroxyl groups excluding tert-OH is 4. The van der Waals surface area contributed by atoms with E-state index in [9.17, 15) is 25.2 Å². The quantitative estimate of drug-likeness (QED) is 0.331. The highest BCUT2D eigenvalue weighted by molar-refractivity contribution is 6.35. The molecule has 5 unspecified atom stereocenters. The molecule has 2 aromatic carbocycles. The lowest BCUT2D eigenvalue weighted by atomic mass is 9.75. The number of nitrogens with two attached hydrogens (primary N) is 1. The maximum Gasteiger partial charge on any atom is 0.256 e. The zero-order chi connectivity index (χ0) is 23.8. The van der Waals surface area contributed by atoms with Crippen molar-refractivity contribution in [3.63, 3.8) is 0 Å². The zero-order valence-electron chi connectivity index (χ0n) is 17.3. The minimum absolute atomic E-state index is 0.0356. The Hall–Kier alpha value is -1.75. The number of aliphatic hydroxyl groups is 5. The largest absolute Gasteiger partial charge is 0.394 e. The summed E-state index contributed by atoms with van der Waals surface area (Å²) < 4.78 is 0. The van der Waals surface area contributed by atoms with E-state index in [1.165, 1.54) is 6.07 Å². The second-order valence-corrected chi connectivity index (χ2v) is 8.95. The fourth-order valence-corrected chi connectivity index (χ4v) is 4.83. The highest BCUT2D eigenvalue weighted by atomic mass is 35.5. The van der Waals surface area contributed by atoms with Gasteiger partial charge in [0.1, 0.15) is 18.3 Å². The molecule has 10 heteroatoms. The van der Waals surface area contributed by atoms with Crippen LogP contribution in [-0.2, 0) is 16.9 Å². The van der Waals surface area contributed by atoms with Crippen molar-refractivity contribution >= 4 is 29.1 Å². The molecule has 0 aliphatic carbocycles. The van der Waals surface area contributed by atoms with Crippen LogP contribution in [0.25, 0.3) is 0 Å². The van der Waals surface area contributed by atoms with Gasteiger partial charge in [0.2, 0.25) is 0 Å². The van der Waals surface area contributed by atoms with Crippen molar-refractivity contribution in [3.8, 4) is 0 Å². The van der Waals surface area contributed by atoms with Crippen molar-refractivity contribution in [2.75, 3.05) is 20.2 Å². The van der Waals surface area contributed by atoms with Gasteiger partial charge in [0, 0.05) is 29.1 Å². The van der Waals surface area contributed by atoms with Crippen LogP contribution in [0.2, 0.25) is 10.0 Å². The van der Waals surface area contributed by atoms with E-state index in [1.54, 1.807) is 30.3 Å². The number of rotatable bonds is 7. The molecule has 5 atom stereocenters. The summed E-state index contributed by atoms with van der Waals surface area (Å²) in [7, 11) is 1.89. The van der Waals surface area contributed by atoms with Gasteiger partial charge in [-0.05, 0) is 41.4 Å². The molecule has 0 spiro atoms. The lowest BCUT2D eigenvalue weighted by Gasteiger charge is -2.39. The first kappa shape index (κ1) is 24.9. The minimum Gasteiger partial charge on any atom is -0.394 e. The molecule has 8 nitrogen and oxygen atoms in total. The number of hydrogen-bond donors (Lipinski definition) is 6. The van der Waals surface area contributed by atoms with Crippen LogP contribution < -0.4 is 5.73 Å². The number of benzene rings is 2. The van der Waals surface area contributed by atoms with E-state index in [2.05, 4.69) is 0 Å². The van der Waals surface area contributed by atoms with Crippen LogP contribution in [0.3, 0.4) is 0 Å². The molecule has 0 aromatic heterocycles. The van der Waals surface area contributed by atoms with Gasteiger partial charge in [-0.2, -0.15) is 0 Å². The number of likely N-dealkylation sites (N-methyl/N-ethyl adjacent to an activating group) is 1. The number of halogens is 2. The fraction of sp³-hybridized carbons (Fsp3) is 0.409. The second-order valence-electron chi connectivity index (χ2n) is 8.11. The Labute approximate surface area is 195 Å². The molecule has 174 valence electrons. The van der Waals surface area contributed by atoms with Gasteiger partial charge in [-0.1, -0.05) is 47.5 Å². The van der Waals surface area contributed by atoms with Gasteiger partial charge in [-0.25, -0.2) is 0 Å². The van der Waals surface area contributed by atoms with Crippen LogP contribution in [0.15, 0.2) is 36.4 Å². The van der Waals surface area contributed by atoms with E-state index in [-0.39, 0.29) is 5.56 Å². The van der Waals surface area contributed by atoms with E-state index < -0.39 is 42.3 Å². The van der Waals surface area contributed by atoms with Gasteiger partial charge in [0.15, 0.2) is 5.60 Å². The molecule has 7 N–H and O–H groups in total. The maximum atomic E-state index is 12.4. The lowest BCUT2D eigenvalue weighted by molar-refractivity contribution is -0.177. The molecule has 3 rings (SSSR count). The average Bonchev–Trinajstić information content (AvgIpc) is 2.76. The molecule has 1 aliphatic rings. The SMILES string of the molecule is CN1Cc2c(Cl)cc(Cl)cc2C(c2ccccc2C(O)(C(N)=O)C(O)C(O)C(O)CO)C1. The number of fused-ring (bicyclic) bond motifs is 1.